The van der Waals surface area contributed by atoms with Crippen LogP contribution in [0.3, 0.4) is 0 Å². The fourth-order valence-corrected chi connectivity index (χ4v) is 3.87. The molecule has 1 N–H and O–H groups in total. The standard InChI is InChI=1S/C27H24N4O2/c1-3-33-23-15-11-21(12-16-23)31-17-24(19-7-5-4-6-8-19)25-26(28-18-29-27(25)31)30-20-9-13-22(32-2)14-10-20/h4-18H,3H2,1-2H3,(H,28,29,30). The van der Waals surface area contributed by atoms with Gasteiger partial charge in [0.25, 0.3) is 0 Å². The maximum atomic E-state index is 5.61. The third kappa shape index (κ3) is 4.11. The molecule has 0 spiro atoms. The fraction of sp³-hybridized carbons (Fsp3) is 0.111. The maximum absolute atomic E-state index is 5.61. The summed E-state index contributed by atoms with van der Waals surface area (Å²) < 4.78 is 13.0. The highest BCUT2D eigenvalue weighted by Gasteiger charge is 2.17. The number of hydrogen-bond acceptors (Lipinski definition) is 5. The topological polar surface area (TPSA) is 61.2 Å². The molecule has 0 saturated heterocycles. The first-order chi connectivity index (χ1) is 16.3. The summed E-state index contributed by atoms with van der Waals surface area (Å²) in [7, 11) is 1.66. The molecule has 6 heteroatoms. The van der Waals surface area contributed by atoms with Crippen molar-refractivity contribution in [2.75, 3.05) is 19.0 Å². The second-order valence-electron chi connectivity index (χ2n) is 7.48. The molecule has 2 heterocycles. The average Bonchev–Trinajstić information content (AvgIpc) is 3.26. The van der Waals surface area contributed by atoms with E-state index in [2.05, 4.69) is 38.2 Å². The van der Waals surface area contributed by atoms with Crippen LogP contribution in [-0.2, 0) is 0 Å². The van der Waals surface area contributed by atoms with Crippen LogP contribution in [0.4, 0.5) is 11.5 Å². The Morgan fingerprint density at radius 3 is 2.27 bits per heavy atom. The van der Waals surface area contributed by atoms with E-state index in [1.807, 2.05) is 73.7 Å². The molecule has 6 nitrogen and oxygen atoms in total. The number of anilines is 2. The summed E-state index contributed by atoms with van der Waals surface area (Å²) in [4.78, 5) is 9.24. The van der Waals surface area contributed by atoms with Crippen LogP contribution in [0.25, 0.3) is 27.8 Å². The van der Waals surface area contributed by atoms with Gasteiger partial charge in [0.15, 0.2) is 5.65 Å². The third-order valence-electron chi connectivity index (χ3n) is 5.45. The lowest BCUT2D eigenvalue weighted by Crippen LogP contribution is -1.98. The van der Waals surface area contributed by atoms with Gasteiger partial charge in [-0.05, 0) is 61.0 Å². The molecule has 0 aliphatic carbocycles. The first-order valence-corrected chi connectivity index (χ1v) is 10.8. The molecule has 0 unspecified atom stereocenters. The highest BCUT2D eigenvalue weighted by molar-refractivity contribution is 6.03. The Labute approximate surface area is 192 Å². The third-order valence-corrected chi connectivity index (χ3v) is 5.45. The zero-order valence-corrected chi connectivity index (χ0v) is 18.5. The van der Waals surface area contributed by atoms with Crippen molar-refractivity contribution in [3.63, 3.8) is 0 Å². The Bertz CT molecular complexity index is 1360. The molecule has 0 fully saturated rings. The van der Waals surface area contributed by atoms with Crippen molar-refractivity contribution in [3.05, 3.63) is 91.4 Å². The summed E-state index contributed by atoms with van der Waals surface area (Å²) in [6.45, 7) is 2.62. The van der Waals surface area contributed by atoms with E-state index in [9.17, 15) is 0 Å². The van der Waals surface area contributed by atoms with Gasteiger partial charge in [-0.3, -0.25) is 0 Å². The Balaban J connectivity index is 1.65. The van der Waals surface area contributed by atoms with Crippen molar-refractivity contribution >= 4 is 22.5 Å². The van der Waals surface area contributed by atoms with Crippen molar-refractivity contribution in [1.82, 2.24) is 14.5 Å². The number of nitrogens with zero attached hydrogens (tertiary/aromatic N) is 3. The van der Waals surface area contributed by atoms with Crippen molar-refractivity contribution < 1.29 is 9.47 Å². The minimum atomic E-state index is 0.636. The molecule has 0 saturated carbocycles. The minimum Gasteiger partial charge on any atom is -0.497 e. The van der Waals surface area contributed by atoms with Crippen LogP contribution >= 0.6 is 0 Å². The first kappa shape index (κ1) is 20.6. The Morgan fingerprint density at radius 2 is 1.58 bits per heavy atom. The number of fused-ring (bicyclic) bond motifs is 1. The van der Waals surface area contributed by atoms with Crippen molar-refractivity contribution in [2.45, 2.75) is 6.92 Å². The van der Waals surface area contributed by atoms with Crippen LogP contribution in [0.1, 0.15) is 6.92 Å². The van der Waals surface area contributed by atoms with E-state index in [0.29, 0.717) is 6.61 Å². The molecule has 0 aliphatic rings. The lowest BCUT2D eigenvalue weighted by atomic mass is 10.1. The van der Waals surface area contributed by atoms with Crippen LogP contribution < -0.4 is 14.8 Å². The summed E-state index contributed by atoms with van der Waals surface area (Å²) >= 11 is 0. The molecule has 2 aromatic heterocycles. The largest absolute Gasteiger partial charge is 0.497 e. The fourth-order valence-electron chi connectivity index (χ4n) is 3.87. The van der Waals surface area contributed by atoms with Gasteiger partial charge in [0.2, 0.25) is 0 Å². The van der Waals surface area contributed by atoms with Gasteiger partial charge in [0.05, 0.1) is 19.1 Å². The van der Waals surface area contributed by atoms with E-state index in [-0.39, 0.29) is 0 Å². The molecule has 3 aromatic carbocycles. The lowest BCUT2D eigenvalue weighted by molar-refractivity contribution is 0.340. The average molecular weight is 437 g/mol. The lowest BCUT2D eigenvalue weighted by Gasteiger charge is -2.10. The normalized spacial score (nSPS) is 10.8. The number of nitrogens with one attached hydrogen (secondary N) is 1. The zero-order valence-electron chi connectivity index (χ0n) is 18.5. The molecule has 0 radical (unpaired) electrons. The molecule has 0 aliphatic heterocycles. The van der Waals surface area contributed by atoms with Gasteiger partial charge in [-0.15, -0.1) is 0 Å². The van der Waals surface area contributed by atoms with E-state index in [1.165, 1.54) is 0 Å². The molecular weight excluding hydrogens is 412 g/mol. The first-order valence-electron chi connectivity index (χ1n) is 10.8. The highest BCUT2D eigenvalue weighted by Crippen LogP contribution is 2.36. The van der Waals surface area contributed by atoms with E-state index in [0.717, 1.165) is 50.9 Å². The van der Waals surface area contributed by atoms with E-state index >= 15 is 0 Å². The molecule has 0 atom stereocenters. The number of methoxy groups -OCH3 is 1. The second kappa shape index (κ2) is 9.04. The predicted molar refractivity (Wildman–Crippen MR) is 132 cm³/mol. The SMILES string of the molecule is CCOc1ccc(-n2cc(-c3ccccc3)c3c(Nc4ccc(OC)cc4)ncnc32)cc1. The monoisotopic (exact) mass is 436 g/mol. The maximum Gasteiger partial charge on any atom is 0.150 e. The summed E-state index contributed by atoms with van der Waals surface area (Å²) in [5, 5.41) is 4.41. The van der Waals surface area contributed by atoms with Crippen LogP contribution in [0.2, 0.25) is 0 Å². The number of rotatable bonds is 7. The van der Waals surface area contributed by atoms with Gasteiger partial charge in [0, 0.05) is 23.1 Å². The van der Waals surface area contributed by atoms with Gasteiger partial charge in [0.1, 0.15) is 23.6 Å². The van der Waals surface area contributed by atoms with E-state index in [4.69, 9.17) is 9.47 Å². The van der Waals surface area contributed by atoms with Crippen LogP contribution in [-0.4, -0.2) is 28.3 Å². The van der Waals surface area contributed by atoms with Crippen LogP contribution in [0, 0.1) is 0 Å². The Kier molecular flexibility index (Phi) is 5.64. The van der Waals surface area contributed by atoms with Crippen molar-refractivity contribution in [3.8, 4) is 28.3 Å². The van der Waals surface area contributed by atoms with Crippen molar-refractivity contribution in [2.24, 2.45) is 0 Å². The summed E-state index contributed by atoms with van der Waals surface area (Å²) in [6, 6.07) is 26.1. The predicted octanol–water partition coefficient (Wildman–Crippen LogP) is 6.24. The van der Waals surface area contributed by atoms with E-state index in [1.54, 1.807) is 13.4 Å². The summed E-state index contributed by atoms with van der Waals surface area (Å²) in [5.41, 5.74) is 4.89. The number of aromatic nitrogens is 3. The highest BCUT2D eigenvalue weighted by atomic mass is 16.5. The Morgan fingerprint density at radius 1 is 0.848 bits per heavy atom. The number of benzene rings is 3. The molecule has 5 rings (SSSR count). The summed E-state index contributed by atoms with van der Waals surface area (Å²) in [5.74, 6) is 2.39. The number of hydrogen-bond donors (Lipinski definition) is 1. The minimum absolute atomic E-state index is 0.636. The molecule has 0 amide bonds. The number of ether oxygens (including phenoxy) is 2. The van der Waals surface area contributed by atoms with Crippen molar-refractivity contribution in [1.29, 1.82) is 0 Å². The molecule has 164 valence electrons. The molecule has 33 heavy (non-hydrogen) atoms. The Hall–Kier alpha value is -4.32. The zero-order chi connectivity index (χ0) is 22.6. The van der Waals surface area contributed by atoms with Gasteiger partial charge in [-0.25, -0.2) is 9.97 Å². The van der Waals surface area contributed by atoms with Gasteiger partial charge in [-0.2, -0.15) is 0 Å². The van der Waals surface area contributed by atoms with Gasteiger partial charge < -0.3 is 19.4 Å². The molecular formula is C27H24N4O2. The second-order valence-corrected chi connectivity index (χ2v) is 7.48. The molecule has 0 bridgehead atoms. The van der Waals surface area contributed by atoms with Crippen LogP contribution in [0.5, 0.6) is 11.5 Å². The quantitative estimate of drug-likeness (QED) is 0.327. The van der Waals surface area contributed by atoms with E-state index < -0.39 is 0 Å². The van der Waals surface area contributed by atoms with Crippen LogP contribution in [0.15, 0.2) is 91.4 Å². The summed E-state index contributed by atoms with van der Waals surface area (Å²) in [6.07, 6.45) is 3.71. The van der Waals surface area contributed by atoms with Gasteiger partial charge in [-0.1, -0.05) is 30.3 Å². The smallest absolute Gasteiger partial charge is 0.150 e. The van der Waals surface area contributed by atoms with Gasteiger partial charge >= 0.3 is 0 Å². The molecule has 5 aromatic rings.